The molecule has 18 heteroatoms. The summed E-state index contributed by atoms with van der Waals surface area (Å²) in [5.41, 5.74) is 2.59. The molecule has 0 unspecified atom stereocenters. The van der Waals surface area contributed by atoms with Crippen molar-refractivity contribution in [1.82, 2.24) is 31.9 Å². The van der Waals surface area contributed by atoms with Gasteiger partial charge in [-0.25, -0.2) is 19.6 Å². The van der Waals surface area contributed by atoms with E-state index in [2.05, 4.69) is 47.2 Å². The molecule has 8 N–H and O–H groups in total. The summed E-state index contributed by atoms with van der Waals surface area (Å²) in [6, 6.07) is 12.2. The Morgan fingerprint density at radius 3 is 1.85 bits per heavy atom. The van der Waals surface area contributed by atoms with Gasteiger partial charge in [0.05, 0.1) is 29.5 Å². The molecule has 6 aliphatic rings. The number of thioether (sulfide) groups is 2. The van der Waals surface area contributed by atoms with Crippen LogP contribution in [0.1, 0.15) is 103 Å². The Bertz CT molecular complexity index is 2120. The Kier molecular flexibility index (Phi) is 16.8. The van der Waals surface area contributed by atoms with Gasteiger partial charge in [0.1, 0.15) is 9.58 Å². The van der Waals surface area contributed by atoms with E-state index in [0.717, 1.165) is 109 Å². The summed E-state index contributed by atoms with van der Waals surface area (Å²) in [5, 5.41) is 22.4. The van der Waals surface area contributed by atoms with Gasteiger partial charge in [-0.15, -0.1) is 11.3 Å². The summed E-state index contributed by atoms with van der Waals surface area (Å²) in [6.07, 6.45) is 12.1. The number of carbonyl (C=O) groups is 6. The number of urea groups is 2. The lowest BCUT2D eigenvalue weighted by Crippen LogP contribution is -2.36. The molecule has 0 aromatic heterocycles. The summed E-state index contributed by atoms with van der Waals surface area (Å²) in [4.78, 5) is 81.9. The maximum atomic E-state index is 12.7. The SMILES string of the molecule is O=C(CCCCCNC(=O)CCCC[C@@H]1SC[C@@H]2NC(=O)N[C@@H]21)N=c1ccc2[nH+]c3ccc(NC(=O)CCCCCNC(=O)CCCC[C@@H]4SC[C@@H]5NC(=O)N[C@@H]54)cc3sc-2c1. The number of carbonyl (C=O) groups excluding carboxylic acids is 6. The van der Waals surface area contributed by atoms with E-state index in [4.69, 9.17) is 0 Å². The molecule has 0 bridgehead atoms. The third-order valence-electron chi connectivity index (χ3n) is 11.9. The quantitative estimate of drug-likeness (QED) is 0.0391. The zero-order valence-corrected chi connectivity index (χ0v) is 37.6. The molecule has 4 fully saturated rings. The zero-order chi connectivity index (χ0) is 43.3. The number of fused-ring (bicyclic) bond motifs is 4. The van der Waals surface area contributed by atoms with Crippen LogP contribution in [0.4, 0.5) is 15.3 Å². The minimum absolute atomic E-state index is 0.0496. The first-order valence-electron chi connectivity index (χ1n) is 22.3. The molecule has 62 heavy (non-hydrogen) atoms. The van der Waals surface area contributed by atoms with Crippen molar-refractivity contribution in [3.63, 3.8) is 0 Å². The number of hydrogen-bond acceptors (Lipinski definition) is 9. The van der Waals surface area contributed by atoms with Gasteiger partial charge in [0, 0.05) is 78.6 Å². The van der Waals surface area contributed by atoms with Gasteiger partial charge in [-0.05, 0) is 75.6 Å². The molecular weight excluding hydrogens is 847 g/mol. The van der Waals surface area contributed by atoms with Crippen LogP contribution in [0, 0.1) is 0 Å². The molecule has 15 nitrogen and oxygen atoms in total. The molecule has 4 saturated heterocycles. The fraction of sp³-hybridized carbons (Fsp3) is 0.591. The van der Waals surface area contributed by atoms with Crippen LogP contribution in [0.2, 0.25) is 0 Å². The standard InChI is InChI=1S/C44H59N9O6S3/c54-37(13-7-5-11-33-41-31(25-60-33)50-43(58)52-41)45-21-9-1-3-15-39(56)47-27-17-19-29-35(23-27)62-36-24-28(18-20-30(36)49-29)48-40(57)16-4-2-10-22-46-38(55)14-8-6-12-34-42-32(26-61-34)51-44(59)53-42/h17-20,23-24,31-34,41-42H,1-16,21-22,25-26H2,(H,45,54)(H,46,55)(H,47,56)(H2,50,52,58)(H2,51,53,59)/p+1/t31-,32-,33-,34-,41-,42-/m0/s1. The predicted molar refractivity (Wildman–Crippen MR) is 245 cm³/mol. The highest BCUT2D eigenvalue weighted by Crippen LogP contribution is 2.34. The van der Waals surface area contributed by atoms with Gasteiger partial charge >= 0.3 is 12.1 Å². The van der Waals surface area contributed by atoms with Crippen LogP contribution in [-0.2, 0) is 19.2 Å². The van der Waals surface area contributed by atoms with Crippen molar-refractivity contribution in [2.45, 2.75) is 137 Å². The van der Waals surface area contributed by atoms with E-state index in [1.54, 1.807) is 11.3 Å². The third-order valence-corrected chi connectivity index (χ3v) is 16.1. The lowest BCUT2D eigenvalue weighted by atomic mass is 10.0. The number of unbranched alkanes of at least 4 members (excludes halogenated alkanes) is 6. The van der Waals surface area contributed by atoms with E-state index in [1.807, 2.05) is 59.9 Å². The fourth-order valence-corrected chi connectivity index (χ4v) is 12.7. The zero-order valence-electron chi connectivity index (χ0n) is 35.2. The van der Waals surface area contributed by atoms with Gasteiger partial charge in [0.25, 0.3) is 0 Å². The number of amides is 8. The van der Waals surface area contributed by atoms with Crippen LogP contribution in [0.15, 0.2) is 41.4 Å². The van der Waals surface area contributed by atoms with Crippen LogP contribution in [-0.4, -0.2) is 95.0 Å². The topological polar surface area (TPSA) is 213 Å². The van der Waals surface area contributed by atoms with Crippen LogP contribution in [0.25, 0.3) is 20.8 Å². The summed E-state index contributed by atoms with van der Waals surface area (Å²) < 4.78 is 0.964. The minimum Gasteiger partial charge on any atom is -0.356 e. The molecule has 0 spiro atoms. The number of nitrogens with zero attached hydrogens (tertiary/aromatic N) is 1. The first-order chi connectivity index (χ1) is 30.2. The summed E-state index contributed by atoms with van der Waals surface area (Å²) in [7, 11) is 0. The second-order valence-electron chi connectivity index (χ2n) is 16.7. The number of rotatable bonds is 23. The molecule has 1 aromatic rings. The van der Waals surface area contributed by atoms with Crippen molar-refractivity contribution in [1.29, 1.82) is 0 Å². The van der Waals surface area contributed by atoms with Crippen molar-refractivity contribution >= 4 is 86.5 Å². The lowest BCUT2D eigenvalue weighted by Gasteiger charge is -2.16. The second kappa shape index (κ2) is 22.8. The molecular formula is C44H60N9O6S3+. The number of nitrogens with one attached hydrogen (secondary N) is 8. The summed E-state index contributed by atoms with van der Waals surface area (Å²) in [6.45, 7) is 1.20. The summed E-state index contributed by atoms with van der Waals surface area (Å²) >= 11 is 5.36. The molecule has 0 radical (unpaired) electrons. The molecule has 1 aromatic carbocycles. The predicted octanol–water partition coefficient (Wildman–Crippen LogP) is 4.99. The minimum atomic E-state index is -0.170. The number of H-pyrrole nitrogens is 1. The number of benzene rings is 2. The van der Waals surface area contributed by atoms with Crippen LogP contribution < -0.4 is 47.6 Å². The number of aromatic amines is 1. The van der Waals surface area contributed by atoms with Crippen LogP contribution in [0.5, 0.6) is 0 Å². The fourth-order valence-electron chi connectivity index (χ4n) is 8.59. The molecule has 5 heterocycles. The van der Waals surface area contributed by atoms with Crippen molar-refractivity contribution < 1.29 is 33.8 Å². The van der Waals surface area contributed by atoms with Crippen molar-refractivity contribution in [3.8, 4) is 10.6 Å². The van der Waals surface area contributed by atoms with Crippen molar-refractivity contribution in [3.05, 3.63) is 41.8 Å². The highest BCUT2D eigenvalue weighted by atomic mass is 32.2. The molecule has 5 aliphatic heterocycles. The molecule has 6 atom stereocenters. The molecule has 334 valence electrons. The van der Waals surface area contributed by atoms with Gasteiger partial charge < -0.3 is 37.2 Å². The van der Waals surface area contributed by atoms with E-state index in [9.17, 15) is 28.8 Å². The second-order valence-corrected chi connectivity index (χ2v) is 20.4. The monoisotopic (exact) mass is 906 g/mol. The largest absolute Gasteiger partial charge is 0.356 e. The van der Waals surface area contributed by atoms with Gasteiger partial charge in [-0.3, -0.25) is 19.2 Å². The highest BCUT2D eigenvalue weighted by Gasteiger charge is 2.43. The highest BCUT2D eigenvalue weighted by molar-refractivity contribution is 8.00. The number of aromatic nitrogens is 1. The molecule has 0 saturated carbocycles. The van der Waals surface area contributed by atoms with E-state index in [-0.39, 0.29) is 59.9 Å². The number of anilines is 1. The first kappa shape index (κ1) is 45.6. The summed E-state index contributed by atoms with van der Waals surface area (Å²) in [5.74, 6) is 1.80. The Morgan fingerprint density at radius 1 is 0.645 bits per heavy atom. The average molecular weight is 907 g/mol. The Morgan fingerprint density at radius 2 is 1.23 bits per heavy atom. The molecule has 8 amide bonds. The van der Waals surface area contributed by atoms with Crippen molar-refractivity contribution in [2.75, 3.05) is 29.9 Å². The molecule has 1 aliphatic carbocycles. The van der Waals surface area contributed by atoms with E-state index in [0.29, 0.717) is 61.1 Å². The van der Waals surface area contributed by atoms with Crippen molar-refractivity contribution in [2.24, 2.45) is 4.99 Å². The van der Waals surface area contributed by atoms with E-state index in [1.165, 1.54) is 0 Å². The van der Waals surface area contributed by atoms with Gasteiger partial charge in [0.2, 0.25) is 34.8 Å². The maximum absolute atomic E-state index is 12.7. The van der Waals surface area contributed by atoms with E-state index >= 15 is 0 Å². The van der Waals surface area contributed by atoms with Crippen LogP contribution in [0.3, 0.4) is 0 Å². The van der Waals surface area contributed by atoms with Gasteiger partial charge in [0.15, 0.2) is 0 Å². The normalized spacial score (nSPS) is 22.7. The molecule has 7 rings (SSSR count). The van der Waals surface area contributed by atoms with E-state index < -0.39 is 0 Å². The van der Waals surface area contributed by atoms with Gasteiger partial charge in [-0.2, -0.15) is 23.5 Å². The first-order valence-corrected chi connectivity index (χ1v) is 25.3. The number of hydrogen-bond donors (Lipinski definition) is 7. The maximum Gasteiger partial charge on any atom is 0.315 e. The smallest absolute Gasteiger partial charge is 0.315 e. The Labute approximate surface area is 375 Å². The third kappa shape index (κ3) is 13.3. The lowest BCUT2D eigenvalue weighted by molar-refractivity contribution is -0.330. The van der Waals surface area contributed by atoms with Gasteiger partial charge in [-0.1, -0.05) is 25.7 Å². The Balaban J connectivity index is 0.733. The average Bonchev–Trinajstić information content (AvgIpc) is 4.01. The van der Waals surface area contributed by atoms with Crippen LogP contribution >= 0.6 is 34.9 Å². The Hall–Kier alpha value is -4.42.